The number of hydrogen-bond acceptors (Lipinski definition) is 2. The molecule has 2 fully saturated rings. The van der Waals surface area contributed by atoms with Crippen LogP contribution < -0.4 is 0 Å². The number of nitrogens with zero attached hydrogens (tertiary/aromatic N) is 2. The number of carbonyl (C=O) groups excluding carboxylic acids is 2. The van der Waals surface area contributed by atoms with Crippen molar-refractivity contribution in [2.45, 2.75) is 38.5 Å². The van der Waals surface area contributed by atoms with Gasteiger partial charge in [0.1, 0.15) is 5.82 Å². The predicted molar refractivity (Wildman–Crippen MR) is 97.8 cm³/mol. The molecular weight excluding hydrogens is 387 g/mol. The Hall–Kier alpha value is -1.43. The third-order valence-corrected chi connectivity index (χ3v) is 5.97. The average Bonchev–Trinajstić information content (AvgIpc) is 3.15. The summed E-state index contributed by atoms with van der Waals surface area (Å²) < 4.78 is 14.0. The zero-order valence-corrected chi connectivity index (χ0v) is 15.9. The molecule has 0 aromatic heterocycles. The maximum absolute atomic E-state index is 13.6. The molecule has 0 spiro atoms. The smallest absolute Gasteiger partial charge is 0.254 e. The van der Waals surface area contributed by atoms with Gasteiger partial charge in [-0.15, -0.1) is 0 Å². The maximum atomic E-state index is 13.6. The monoisotopic (exact) mass is 410 g/mol. The van der Waals surface area contributed by atoms with E-state index in [1.54, 1.807) is 17.0 Å². The first-order valence-electron chi connectivity index (χ1n) is 9.06. The van der Waals surface area contributed by atoms with Gasteiger partial charge in [-0.25, -0.2) is 4.39 Å². The van der Waals surface area contributed by atoms with E-state index in [1.807, 2.05) is 4.90 Å². The lowest BCUT2D eigenvalue weighted by molar-refractivity contribution is -0.133. The second-order valence-corrected chi connectivity index (χ2v) is 7.85. The Bertz CT molecular complexity index is 638. The quantitative estimate of drug-likeness (QED) is 0.756. The van der Waals surface area contributed by atoms with E-state index in [0.717, 1.165) is 12.3 Å². The van der Waals surface area contributed by atoms with Gasteiger partial charge in [-0.1, -0.05) is 25.7 Å². The number of hydrogen-bond donors (Lipinski definition) is 0. The summed E-state index contributed by atoms with van der Waals surface area (Å²) in [6.07, 6.45) is 6.75. The summed E-state index contributed by atoms with van der Waals surface area (Å²) >= 11 is 3.09. The number of piperazine rings is 1. The van der Waals surface area contributed by atoms with Gasteiger partial charge >= 0.3 is 0 Å². The summed E-state index contributed by atoms with van der Waals surface area (Å²) in [4.78, 5) is 28.4. The van der Waals surface area contributed by atoms with Gasteiger partial charge in [-0.2, -0.15) is 0 Å². The van der Waals surface area contributed by atoms with Crippen molar-refractivity contribution >= 4 is 27.7 Å². The first-order valence-corrected chi connectivity index (χ1v) is 9.86. The van der Waals surface area contributed by atoms with E-state index < -0.39 is 5.82 Å². The summed E-state index contributed by atoms with van der Waals surface area (Å²) in [5.41, 5.74) is 0.349. The summed E-state index contributed by atoms with van der Waals surface area (Å²) in [6.45, 7) is 2.14. The van der Waals surface area contributed by atoms with Crippen LogP contribution in [0.4, 0.5) is 4.39 Å². The van der Waals surface area contributed by atoms with Crippen molar-refractivity contribution in [2.24, 2.45) is 5.92 Å². The van der Waals surface area contributed by atoms with E-state index in [1.165, 1.54) is 31.7 Å². The molecule has 1 aliphatic carbocycles. The third kappa shape index (κ3) is 4.60. The van der Waals surface area contributed by atoms with Crippen LogP contribution in [0.5, 0.6) is 0 Å². The van der Waals surface area contributed by atoms with Crippen molar-refractivity contribution in [3.8, 4) is 0 Å². The summed E-state index contributed by atoms with van der Waals surface area (Å²) in [5, 5.41) is 0. The molecule has 3 rings (SSSR count). The van der Waals surface area contributed by atoms with Gasteiger partial charge in [-0.05, 0) is 46.5 Å². The molecule has 2 aliphatic rings. The van der Waals surface area contributed by atoms with E-state index in [2.05, 4.69) is 15.9 Å². The topological polar surface area (TPSA) is 40.6 Å². The number of carbonyl (C=O) groups is 2. The largest absolute Gasteiger partial charge is 0.339 e. The summed E-state index contributed by atoms with van der Waals surface area (Å²) in [7, 11) is 0. The highest BCUT2D eigenvalue weighted by molar-refractivity contribution is 9.10. The molecule has 0 N–H and O–H groups in total. The maximum Gasteiger partial charge on any atom is 0.254 e. The zero-order valence-electron chi connectivity index (χ0n) is 14.3. The van der Waals surface area contributed by atoms with Crippen LogP contribution in [0.2, 0.25) is 0 Å². The molecule has 0 radical (unpaired) electrons. The molecule has 0 bridgehead atoms. The molecule has 25 heavy (non-hydrogen) atoms. The Balaban J connectivity index is 1.48. The van der Waals surface area contributed by atoms with Crippen LogP contribution in [0.3, 0.4) is 0 Å². The SMILES string of the molecule is O=C(CCC1CCCC1)N1CCN(C(=O)c2ccc(Br)c(F)c2)CC1. The van der Waals surface area contributed by atoms with Crippen molar-refractivity contribution in [1.82, 2.24) is 9.80 Å². The van der Waals surface area contributed by atoms with Crippen molar-refractivity contribution in [3.63, 3.8) is 0 Å². The molecule has 136 valence electrons. The number of rotatable bonds is 4. The Morgan fingerprint density at radius 2 is 1.72 bits per heavy atom. The molecule has 1 aromatic carbocycles. The van der Waals surface area contributed by atoms with Crippen LogP contribution >= 0.6 is 15.9 Å². The van der Waals surface area contributed by atoms with Crippen LogP contribution in [0, 0.1) is 11.7 Å². The molecule has 1 aromatic rings. The van der Waals surface area contributed by atoms with E-state index >= 15 is 0 Å². The summed E-state index contributed by atoms with van der Waals surface area (Å²) in [6, 6.07) is 4.42. The minimum atomic E-state index is -0.438. The standard InChI is InChI=1S/C19H24BrFN2O2/c20-16-7-6-15(13-17(16)21)19(25)23-11-9-22(10-12-23)18(24)8-5-14-3-1-2-4-14/h6-7,13-14H,1-5,8-12H2. The Kier molecular flexibility index (Phi) is 6.10. The van der Waals surface area contributed by atoms with Crippen molar-refractivity contribution in [2.75, 3.05) is 26.2 Å². The van der Waals surface area contributed by atoms with Crippen molar-refractivity contribution in [1.29, 1.82) is 0 Å². The molecule has 1 saturated heterocycles. The number of benzene rings is 1. The van der Waals surface area contributed by atoms with Crippen LogP contribution in [0.25, 0.3) is 0 Å². The van der Waals surface area contributed by atoms with E-state index in [-0.39, 0.29) is 11.8 Å². The molecule has 0 atom stereocenters. The normalized spacial score (nSPS) is 18.6. The molecule has 4 nitrogen and oxygen atoms in total. The Morgan fingerprint density at radius 1 is 1.08 bits per heavy atom. The number of amides is 2. The van der Waals surface area contributed by atoms with Gasteiger partial charge in [0.2, 0.25) is 5.91 Å². The van der Waals surface area contributed by atoms with Gasteiger partial charge in [0.25, 0.3) is 5.91 Å². The fourth-order valence-electron chi connectivity index (χ4n) is 3.76. The molecule has 2 amide bonds. The molecular formula is C19H24BrFN2O2. The lowest BCUT2D eigenvalue weighted by Gasteiger charge is -2.35. The van der Waals surface area contributed by atoms with Crippen LogP contribution in [-0.2, 0) is 4.79 Å². The van der Waals surface area contributed by atoms with Gasteiger partial charge in [-0.3, -0.25) is 9.59 Å². The lowest BCUT2D eigenvalue weighted by atomic mass is 10.0. The predicted octanol–water partition coefficient (Wildman–Crippen LogP) is 3.84. The van der Waals surface area contributed by atoms with Crippen molar-refractivity contribution in [3.05, 3.63) is 34.1 Å². The second kappa shape index (κ2) is 8.30. The van der Waals surface area contributed by atoms with E-state index in [0.29, 0.717) is 42.6 Å². The first kappa shape index (κ1) is 18.4. The highest BCUT2D eigenvalue weighted by atomic mass is 79.9. The fraction of sp³-hybridized carbons (Fsp3) is 0.579. The van der Waals surface area contributed by atoms with Crippen LogP contribution in [-0.4, -0.2) is 47.8 Å². The second-order valence-electron chi connectivity index (χ2n) is 6.99. The average molecular weight is 411 g/mol. The molecule has 6 heteroatoms. The molecule has 1 aliphatic heterocycles. The highest BCUT2D eigenvalue weighted by Gasteiger charge is 2.26. The van der Waals surface area contributed by atoms with Crippen LogP contribution in [0.1, 0.15) is 48.9 Å². The number of halogens is 2. The van der Waals surface area contributed by atoms with Gasteiger partial charge < -0.3 is 9.80 Å². The minimum absolute atomic E-state index is 0.176. The molecule has 1 saturated carbocycles. The minimum Gasteiger partial charge on any atom is -0.339 e. The first-order chi connectivity index (χ1) is 12.0. The summed E-state index contributed by atoms with van der Waals surface area (Å²) in [5.74, 6) is 0.309. The molecule has 0 unspecified atom stereocenters. The van der Waals surface area contributed by atoms with Gasteiger partial charge in [0, 0.05) is 38.2 Å². The third-order valence-electron chi connectivity index (χ3n) is 5.33. The van der Waals surface area contributed by atoms with Crippen molar-refractivity contribution < 1.29 is 14.0 Å². The van der Waals surface area contributed by atoms with Crippen LogP contribution in [0.15, 0.2) is 22.7 Å². The van der Waals surface area contributed by atoms with E-state index in [9.17, 15) is 14.0 Å². The van der Waals surface area contributed by atoms with E-state index in [4.69, 9.17) is 0 Å². The van der Waals surface area contributed by atoms with Gasteiger partial charge in [0.15, 0.2) is 0 Å². The fourth-order valence-corrected chi connectivity index (χ4v) is 4.00. The lowest BCUT2D eigenvalue weighted by Crippen LogP contribution is -2.50. The Morgan fingerprint density at radius 3 is 2.36 bits per heavy atom. The zero-order chi connectivity index (χ0) is 17.8. The van der Waals surface area contributed by atoms with Gasteiger partial charge in [0.05, 0.1) is 4.47 Å². The highest BCUT2D eigenvalue weighted by Crippen LogP contribution is 2.28. The Labute approximate surface area is 156 Å². The molecule has 1 heterocycles.